The predicted octanol–water partition coefficient (Wildman–Crippen LogP) is 1.19. The number of carbonyl (C=O) groups is 2. The van der Waals surface area contributed by atoms with Crippen LogP contribution < -0.4 is 10.6 Å². The molecule has 2 aromatic rings. The summed E-state index contributed by atoms with van der Waals surface area (Å²) in [5.41, 5.74) is 0.315. The number of hydrogen-bond donors (Lipinski definition) is 2. The van der Waals surface area contributed by atoms with E-state index in [0.717, 1.165) is 0 Å². The molecule has 0 atom stereocenters. The van der Waals surface area contributed by atoms with Gasteiger partial charge in [0, 0.05) is 18.1 Å². The van der Waals surface area contributed by atoms with E-state index >= 15 is 0 Å². The average molecular weight is 260 g/mol. The molecule has 0 aliphatic heterocycles. The van der Waals surface area contributed by atoms with Gasteiger partial charge in [-0.1, -0.05) is 0 Å². The van der Waals surface area contributed by atoms with Crippen molar-refractivity contribution >= 4 is 23.5 Å². The highest BCUT2D eigenvalue weighted by Gasteiger charge is 2.14. The van der Waals surface area contributed by atoms with Gasteiger partial charge in [0.2, 0.25) is 5.95 Å². The standard InChI is InChI=1S/C12H9FN4O2/c13-8-2-4-9(5-3-8)16-10(18)11(19)17-12-14-6-1-7-15-12/h1-7H,(H,16,18)(H,14,15,17,19). The molecule has 1 aromatic heterocycles. The molecule has 2 rings (SSSR count). The minimum Gasteiger partial charge on any atom is -0.318 e. The Balaban J connectivity index is 1.96. The van der Waals surface area contributed by atoms with Crippen LogP contribution in [-0.4, -0.2) is 21.8 Å². The van der Waals surface area contributed by atoms with Crippen molar-refractivity contribution in [2.45, 2.75) is 0 Å². The Labute approximate surface area is 107 Å². The quantitative estimate of drug-likeness (QED) is 0.794. The lowest BCUT2D eigenvalue weighted by Crippen LogP contribution is -2.29. The molecule has 2 amide bonds. The fourth-order valence-electron chi connectivity index (χ4n) is 1.24. The Morgan fingerprint density at radius 3 is 2.16 bits per heavy atom. The molecule has 0 bridgehead atoms. The summed E-state index contributed by atoms with van der Waals surface area (Å²) >= 11 is 0. The number of hydrogen-bond acceptors (Lipinski definition) is 4. The smallest absolute Gasteiger partial charge is 0.316 e. The molecular formula is C12H9FN4O2. The van der Waals surface area contributed by atoms with E-state index in [1.807, 2.05) is 0 Å². The molecule has 1 heterocycles. The summed E-state index contributed by atoms with van der Waals surface area (Å²) in [5.74, 6) is -2.20. The summed E-state index contributed by atoms with van der Waals surface area (Å²) in [6, 6.07) is 6.62. The Morgan fingerprint density at radius 2 is 1.53 bits per heavy atom. The number of carbonyl (C=O) groups excluding carboxylic acids is 2. The number of rotatable bonds is 2. The fraction of sp³-hybridized carbons (Fsp3) is 0. The van der Waals surface area contributed by atoms with Crippen LogP contribution in [-0.2, 0) is 9.59 Å². The second-order valence-electron chi connectivity index (χ2n) is 3.49. The van der Waals surface area contributed by atoms with Crippen LogP contribution >= 0.6 is 0 Å². The molecule has 0 saturated carbocycles. The van der Waals surface area contributed by atoms with Crippen molar-refractivity contribution in [3.63, 3.8) is 0 Å². The number of benzene rings is 1. The number of nitrogens with zero attached hydrogens (tertiary/aromatic N) is 2. The van der Waals surface area contributed by atoms with Gasteiger partial charge in [0.1, 0.15) is 5.82 Å². The van der Waals surface area contributed by atoms with Crippen molar-refractivity contribution in [3.05, 3.63) is 48.5 Å². The third-order valence-corrected chi connectivity index (χ3v) is 2.10. The molecule has 0 aliphatic carbocycles. The highest BCUT2D eigenvalue weighted by atomic mass is 19.1. The zero-order chi connectivity index (χ0) is 13.7. The zero-order valence-electron chi connectivity index (χ0n) is 9.63. The second-order valence-corrected chi connectivity index (χ2v) is 3.49. The number of aromatic nitrogens is 2. The molecule has 1 aromatic carbocycles. The van der Waals surface area contributed by atoms with E-state index < -0.39 is 17.6 Å². The Hall–Kier alpha value is -2.83. The van der Waals surface area contributed by atoms with Crippen molar-refractivity contribution < 1.29 is 14.0 Å². The third kappa shape index (κ3) is 3.56. The lowest BCUT2D eigenvalue weighted by molar-refractivity contribution is -0.133. The summed E-state index contributed by atoms with van der Waals surface area (Å²) < 4.78 is 12.7. The van der Waals surface area contributed by atoms with Crippen LogP contribution in [0.1, 0.15) is 0 Å². The molecule has 0 saturated heterocycles. The summed E-state index contributed by atoms with van der Waals surface area (Å²) in [5, 5.41) is 4.54. The summed E-state index contributed by atoms with van der Waals surface area (Å²) in [6.07, 6.45) is 2.86. The van der Waals surface area contributed by atoms with Crippen molar-refractivity contribution in [3.8, 4) is 0 Å². The zero-order valence-corrected chi connectivity index (χ0v) is 9.63. The van der Waals surface area contributed by atoms with Crippen LogP contribution in [0, 0.1) is 5.82 Å². The van der Waals surface area contributed by atoms with E-state index in [9.17, 15) is 14.0 Å². The van der Waals surface area contributed by atoms with E-state index in [2.05, 4.69) is 20.6 Å². The van der Waals surface area contributed by atoms with Gasteiger partial charge in [-0.05, 0) is 30.3 Å². The number of anilines is 2. The van der Waals surface area contributed by atoms with E-state index in [1.54, 1.807) is 6.07 Å². The van der Waals surface area contributed by atoms with Crippen LogP contribution in [0.2, 0.25) is 0 Å². The molecular weight excluding hydrogens is 251 g/mol. The molecule has 2 N–H and O–H groups in total. The second kappa shape index (κ2) is 5.67. The third-order valence-electron chi connectivity index (χ3n) is 2.10. The van der Waals surface area contributed by atoms with E-state index in [4.69, 9.17) is 0 Å². The SMILES string of the molecule is O=C(Nc1ccc(F)cc1)C(=O)Nc1ncccn1. The summed E-state index contributed by atoms with van der Waals surface area (Å²) in [6.45, 7) is 0. The first-order chi connectivity index (χ1) is 9.15. The Kier molecular flexibility index (Phi) is 3.77. The summed E-state index contributed by atoms with van der Waals surface area (Å²) in [4.78, 5) is 30.5. The summed E-state index contributed by atoms with van der Waals surface area (Å²) in [7, 11) is 0. The van der Waals surface area contributed by atoms with Crippen LogP contribution in [0.5, 0.6) is 0 Å². The normalized spacial score (nSPS) is 9.74. The van der Waals surface area contributed by atoms with Gasteiger partial charge in [-0.15, -0.1) is 0 Å². The van der Waals surface area contributed by atoms with Crippen LogP contribution in [0.25, 0.3) is 0 Å². The highest BCUT2D eigenvalue weighted by Crippen LogP contribution is 2.08. The maximum Gasteiger partial charge on any atom is 0.316 e. The van der Waals surface area contributed by atoms with Crippen molar-refractivity contribution in [2.75, 3.05) is 10.6 Å². The molecule has 0 unspecified atom stereocenters. The maximum atomic E-state index is 12.7. The molecule has 0 aliphatic rings. The lowest BCUT2D eigenvalue weighted by Gasteiger charge is -2.05. The van der Waals surface area contributed by atoms with Gasteiger partial charge >= 0.3 is 11.8 Å². The van der Waals surface area contributed by atoms with Gasteiger partial charge in [-0.3, -0.25) is 14.9 Å². The first-order valence-electron chi connectivity index (χ1n) is 5.30. The first-order valence-corrected chi connectivity index (χ1v) is 5.30. The first kappa shape index (κ1) is 12.6. The van der Waals surface area contributed by atoms with Crippen LogP contribution in [0.3, 0.4) is 0 Å². The molecule has 0 radical (unpaired) electrons. The monoisotopic (exact) mass is 260 g/mol. The predicted molar refractivity (Wildman–Crippen MR) is 65.7 cm³/mol. The Bertz CT molecular complexity index is 586. The molecule has 7 heteroatoms. The molecule has 0 spiro atoms. The topological polar surface area (TPSA) is 84.0 Å². The van der Waals surface area contributed by atoms with Gasteiger partial charge < -0.3 is 5.32 Å². The maximum absolute atomic E-state index is 12.7. The van der Waals surface area contributed by atoms with Gasteiger partial charge in [-0.25, -0.2) is 14.4 Å². The average Bonchev–Trinajstić information content (AvgIpc) is 2.42. The van der Waals surface area contributed by atoms with E-state index in [1.165, 1.54) is 36.7 Å². The Morgan fingerprint density at radius 1 is 0.947 bits per heavy atom. The molecule has 6 nitrogen and oxygen atoms in total. The molecule has 19 heavy (non-hydrogen) atoms. The van der Waals surface area contributed by atoms with Gasteiger partial charge in [0.25, 0.3) is 0 Å². The number of nitrogens with one attached hydrogen (secondary N) is 2. The molecule has 96 valence electrons. The van der Waals surface area contributed by atoms with Gasteiger partial charge in [-0.2, -0.15) is 0 Å². The number of halogens is 1. The lowest BCUT2D eigenvalue weighted by atomic mass is 10.3. The van der Waals surface area contributed by atoms with Crippen molar-refractivity contribution in [1.29, 1.82) is 0 Å². The minimum absolute atomic E-state index is 0.0294. The van der Waals surface area contributed by atoms with Crippen molar-refractivity contribution in [2.24, 2.45) is 0 Å². The largest absolute Gasteiger partial charge is 0.318 e. The van der Waals surface area contributed by atoms with Crippen LogP contribution in [0.15, 0.2) is 42.7 Å². The highest BCUT2D eigenvalue weighted by molar-refractivity contribution is 6.43. The van der Waals surface area contributed by atoms with Gasteiger partial charge in [0.05, 0.1) is 0 Å². The molecule has 0 fully saturated rings. The van der Waals surface area contributed by atoms with Crippen molar-refractivity contribution in [1.82, 2.24) is 9.97 Å². The van der Waals surface area contributed by atoms with Crippen LogP contribution in [0.4, 0.5) is 16.0 Å². The minimum atomic E-state index is -0.907. The van der Waals surface area contributed by atoms with E-state index in [0.29, 0.717) is 5.69 Å². The van der Waals surface area contributed by atoms with E-state index in [-0.39, 0.29) is 5.95 Å². The fourth-order valence-corrected chi connectivity index (χ4v) is 1.24. The number of amides is 2. The van der Waals surface area contributed by atoms with Gasteiger partial charge in [0.15, 0.2) is 0 Å².